The fourth-order valence-corrected chi connectivity index (χ4v) is 3.80. The van der Waals surface area contributed by atoms with Gasteiger partial charge in [0.2, 0.25) is 10.0 Å². The number of rotatable bonds is 8. The van der Waals surface area contributed by atoms with E-state index in [2.05, 4.69) is 11.3 Å². The van der Waals surface area contributed by atoms with Gasteiger partial charge in [0.25, 0.3) is 5.91 Å². The highest BCUT2D eigenvalue weighted by Gasteiger charge is 2.33. The van der Waals surface area contributed by atoms with E-state index in [1.54, 1.807) is 29.2 Å². The maximum atomic E-state index is 13.1. The Hall–Kier alpha value is -2.51. The number of carbonyl (C=O) groups is 1. The van der Waals surface area contributed by atoms with E-state index in [1.807, 2.05) is 0 Å². The van der Waals surface area contributed by atoms with Gasteiger partial charge in [-0.25, -0.2) is 17.5 Å². The Morgan fingerprint density at radius 1 is 1.22 bits per heavy atom. The van der Waals surface area contributed by atoms with Crippen LogP contribution >= 0.6 is 0 Å². The first-order valence-electron chi connectivity index (χ1n) is 8.67. The molecule has 3 rings (SSSR count). The minimum absolute atomic E-state index is 0.0349. The van der Waals surface area contributed by atoms with Crippen LogP contribution in [0, 0.1) is 5.82 Å². The number of sulfonamides is 1. The molecule has 0 spiro atoms. The molecular weight excluding hydrogens is 367 g/mol. The van der Waals surface area contributed by atoms with Gasteiger partial charge in [-0.1, -0.05) is 24.3 Å². The summed E-state index contributed by atoms with van der Waals surface area (Å²) in [5, 5.41) is 0. The van der Waals surface area contributed by atoms with E-state index < -0.39 is 10.0 Å². The molecule has 0 unspecified atom stereocenters. The first-order chi connectivity index (χ1) is 12.9. The normalized spacial score (nSPS) is 14.0. The van der Waals surface area contributed by atoms with Gasteiger partial charge in [0.15, 0.2) is 0 Å². The van der Waals surface area contributed by atoms with Crippen molar-refractivity contribution < 1.29 is 17.6 Å². The Bertz CT molecular complexity index is 938. The van der Waals surface area contributed by atoms with E-state index in [0.29, 0.717) is 12.1 Å². The molecule has 5 nitrogen and oxygen atoms in total. The molecule has 0 aromatic heterocycles. The fourth-order valence-electron chi connectivity index (χ4n) is 2.75. The summed E-state index contributed by atoms with van der Waals surface area (Å²) in [6.45, 7) is 3.95. The summed E-state index contributed by atoms with van der Waals surface area (Å²) in [6, 6.07) is 12.1. The van der Waals surface area contributed by atoms with Crippen LogP contribution in [0.15, 0.2) is 66.1 Å². The van der Waals surface area contributed by atoms with E-state index in [-0.39, 0.29) is 29.2 Å². The Labute approximate surface area is 158 Å². The zero-order valence-corrected chi connectivity index (χ0v) is 15.6. The van der Waals surface area contributed by atoms with Gasteiger partial charge < -0.3 is 4.90 Å². The van der Waals surface area contributed by atoms with Crippen molar-refractivity contribution >= 4 is 15.9 Å². The second-order valence-corrected chi connectivity index (χ2v) is 8.23. The first kappa shape index (κ1) is 19.3. The highest BCUT2D eigenvalue weighted by Crippen LogP contribution is 2.30. The molecule has 142 valence electrons. The summed E-state index contributed by atoms with van der Waals surface area (Å²) in [5.74, 6) is -0.560. The van der Waals surface area contributed by atoms with Crippen molar-refractivity contribution in [3.63, 3.8) is 0 Å². The van der Waals surface area contributed by atoms with E-state index in [4.69, 9.17) is 0 Å². The Morgan fingerprint density at radius 2 is 1.93 bits per heavy atom. The lowest BCUT2D eigenvalue weighted by atomic mass is 10.1. The summed E-state index contributed by atoms with van der Waals surface area (Å²) >= 11 is 0. The number of hydrogen-bond donors (Lipinski definition) is 1. The summed E-state index contributed by atoms with van der Waals surface area (Å²) in [5.41, 5.74) is 1.14. The van der Waals surface area contributed by atoms with Gasteiger partial charge in [-0.3, -0.25) is 4.79 Å². The first-order valence-corrected chi connectivity index (χ1v) is 10.1. The van der Waals surface area contributed by atoms with Crippen molar-refractivity contribution in [1.29, 1.82) is 0 Å². The third-order valence-electron chi connectivity index (χ3n) is 4.32. The van der Waals surface area contributed by atoms with Gasteiger partial charge in [0.1, 0.15) is 5.82 Å². The Morgan fingerprint density at radius 3 is 2.56 bits per heavy atom. The lowest BCUT2D eigenvalue weighted by Crippen LogP contribution is -2.33. The van der Waals surface area contributed by atoms with E-state index >= 15 is 0 Å². The van der Waals surface area contributed by atoms with E-state index in [0.717, 1.165) is 18.4 Å². The number of nitrogens with zero attached hydrogens (tertiary/aromatic N) is 1. The Kier molecular flexibility index (Phi) is 5.72. The standard InChI is InChI=1S/C20H21FN2O3S/c1-2-12-22-27(25,26)19-5-3-4-16(13-19)20(24)23(18-10-11-18)14-15-6-8-17(21)9-7-15/h2-9,13,18,22H,1,10-12,14H2. The topological polar surface area (TPSA) is 66.5 Å². The molecule has 0 heterocycles. The molecule has 2 aromatic carbocycles. The predicted octanol–water partition coefficient (Wildman–Crippen LogP) is 3.09. The number of amides is 1. The van der Waals surface area contributed by atoms with Crippen LogP contribution in [0.4, 0.5) is 4.39 Å². The molecule has 1 fully saturated rings. The average Bonchev–Trinajstić information content (AvgIpc) is 3.50. The van der Waals surface area contributed by atoms with Crippen LogP contribution in [0.25, 0.3) is 0 Å². The van der Waals surface area contributed by atoms with Crippen molar-refractivity contribution in [2.75, 3.05) is 6.54 Å². The predicted molar refractivity (Wildman–Crippen MR) is 101 cm³/mol. The summed E-state index contributed by atoms with van der Waals surface area (Å²) < 4.78 is 40.1. The lowest BCUT2D eigenvalue weighted by Gasteiger charge is -2.23. The van der Waals surface area contributed by atoms with E-state index in [1.165, 1.54) is 30.3 Å². The molecule has 0 atom stereocenters. The highest BCUT2D eigenvalue weighted by molar-refractivity contribution is 7.89. The number of carbonyl (C=O) groups excluding carboxylic acids is 1. The lowest BCUT2D eigenvalue weighted by molar-refractivity contribution is 0.0729. The summed E-state index contributed by atoms with van der Waals surface area (Å²) in [7, 11) is -3.71. The second-order valence-electron chi connectivity index (χ2n) is 6.46. The number of nitrogens with one attached hydrogen (secondary N) is 1. The van der Waals surface area contributed by atoms with Crippen molar-refractivity contribution in [3.05, 3.63) is 78.1 Å². The molecule has 0 radical (unpaired) electrons. The molecule has 0 aliphatic heterocycles. The van der Waals surface area contributed by atoms with Crippen LogP contribution in [0.5, 0.6) is 0 Å². The zero-order chi connectivity index (χ0) is 19.4. The molecule has 7 heteroatoms. The van der Waals surface area contributed by atoms with Crippen molar-refractivity contribution in [2.24, 2.45) is 0 Å². The van der Waals surface area contributed by atoms with Gasteiger partial charge in [0, 0.05) is 24.7 Å². The van der Waals surface area contributed by atoms with Crippen LogP contribution in [0.1, 0.15) is 28.8 Å². The van der Waals surface area contributed by atoms with Crippen LogP contribution in [0.3, 0.4) is 0 Å². The van der Waals surface area contributed by atoms with Crippen molar-refractivity contribution in [2.45, 2.75) is 30.3 Å². The van der Waals surface area contributed by atoms with Crippen LogP contribution < -0.4 is 4.72 Å². The van der Waals surface area contributed by atoms with Crippen LogP contribution in [-0.4, -0.2) is 31.8 Å². The van der Waals surface area contributed by atoms with E-state index in [9.17, 15) is 17.6 Å². The van der Waals surface area contributed by atoms with Gasteiger partial charge in [-0.15, -0.1) is 6.58 Å². The molecule has 1 aliphatic rings. The minimum atomic E-state index is -3.71. The third kappa shape index (κ3) is 4.81. The number of hydrogen-bond acceptors (Lipinski definition) is 3. The second kappa shape index (κ2) is 8.02. The highest BCUT2D eigenvalue weighted by atomic mass is 32.2. The molecule has 1 aliphatic carbocycles. The zero-order valence-electron chi connectivity index (χ0n) is 14.8. The molecule has 0 saturated heterocycles. The quantitative estimate of drug-likeness (QED) is 0.707. The molecule has 1 amide bonds. The molecule has 1 saturated carbocycles. The molecular formula is C20H21FN2O3S. The SMILES string of the molecule is C=CCNS(=O)(=O)c1cccc(C(=O)N(Cc2ccc(F)cc2)C2CC2)c1. The largest absolute Gasteiger partial charge is 0.331 e. The van der Waals surface area contributed by atoms with Gasteiger partial charge in [-0.05, 0) is 48.7 Å². The molecule has 2 aromatic rings. The molecule has 0 bridgehead atoms. The summed E-state index contributed by atoms with van der Waals surface area (Å²) in [4.78, 5) is 14.8. The third-order valence-corrected chi connectivity index (χ3v) is 5.74. The van der Waals surface area contributed by atoms with Crippen LogP contribution in [-0.2, 0) is 16.6 Å². The smallest absolute Gasteiger partial charge is 0.254 e. The molecule has 27 heavy (non-hydrogen) atoms. The van der Waals surface area contributed by atoms with Gasteiger partial charge in [-0.2, -0.15) is 0 Å². The maximum absolute atomic E-state index is 13.1. The molecule has 1 N–H and O–H groups in total. The number of benzene rings is 2. The monoisotopic (exact) mass is 388 g/mol. The average molecular weight is 388 g/mol. The van der Waals surface area contributed by atoms with Gasteiger partial charge in [0.05, 0.1) is 4.90 Å². The van der Waals surface area contributed by atoms with Crippen LogP contribution in [0.2, 0.25) is 0 Å². The Balaban J connectivity index is 1.83. The minimum Gasteiger partial charge on any atom is -0.331 e. The fraction of sp³-hybridized carbons (Fsp3) is 0.250. The maximum Gasteiger partial charge on any atom is 0.254 e. The van der Waals surface area contributed by atoms with Crippen molar-refractivity contribution in [3.8, 4) is 0 Å². The van der Waals surface area contributed by atoms with Gasteiger partial charge >= 0.3 is 0 Å². The summed E-state index contributed by atoms with van der Waals surface area (Å²) in [6.07, 6.45) is 3.27. The van der Waals surface area contributed by atoms with Crippen molar-refractivity contribution in [1.82, 2.24) is 9.62 Å². The number of halogens is 1.